The van der Waals surface area contributed by atoms with Gasteiger partial charge in [-0.1, -0.05) is 6.07 Å². The molecule has 1 rings (SSSR count). The Hall–Kier alpha value is -1.02. The van der Waals surface area contributed by atoms with Crippen LogP contribution in [-0.2, 0) is 0 Å². The lowest BCUT2D eigenvalue weighted by Crippen LogP contribution is -2.27. The first-order valence-electron chi connectivity index (χ1n) is 4.36. The zero-order valence-electron chi connectivity index (χ0n) is 8.59. The van der Waals surface area contributed by atoms with E-state index in [1.54, 1.807) is 13.8 Å². The predicted octanol–water partition coefficient (Wildman–Crippen LogP) is 2.41. The van der Waals surface area contributed by atoms with Crippen molar-refractivity contribution in [2.24, 2.45) is 0 Å². The fourth-order valence-corrected chi connectivity index (χ4v) is 1.28. The summed E-state index contributed by atoms with van der Waals surface area (Å²) in [5.74, 6) is -0.398. The topological polar surface area (TPSA) is 29.5 Å². The lowest BCUT2D eigenvalue weighted by Gasteiger charge is -2.20. The molecule has 1 aromatic carbocycles. The molecule has 0 radical (unpaired) electrons. The monoisotopic (exact) mass is 180 g/mol. The quantitative estimate of drug-likeness (QED) is 0.708. The summed E-state index contributed by atoms with van der Waals surface area (Å²) >= 11 is 0. The van der Waals surface area contributed by atoms with Crippen LogP contribution in [0.4, 0.5) is 0 Å². The summed E-state index contributed by atoms with van der Waals surface area (Å²) in [5.41, 5.74) is 2.28. The zero-order valence-corrected chi connectivity index (χ0v) is 8.59. The van der Waals surface area contributed by atoms with Crippen molar-refractivity contribution < 1.29 is 9.84 Å². The van der Waals surface area contributed by atoms with Crippen molar-refractivity contribution in [1.29, 1.82) is 0 Å². The molecular weight excluding hydrogens is 164 g/mol. The lowest BCUT2D eigenvalue weighted by atomic mass is 10.1. The van der Waals surface area contributed by atoms with Crippen LogP contribution in [-0.4, -0.2) is 10.9 Å². The van der Waals surface area contributed by atoms with Gasteiger partial charge in [0.25, 0.3) is 0 Å². The van der Waals surface area contributed by atoms with E-state index in [0.29, 0.717) is 5.75 Å². The van der Waals surface area contributed by atoms with Gasteiger partial charge < -0.3 is 9.84 Å². The minimum Gasteiger partial charge on any atom is -0.463 e. The second-order valence-corrected chi connectivity index (χ2v) is 3.87. The molecule has 0 unspecified atom stereocenters. The fourth-order valence-electron chi connectivity index (χ4n) is 1.28. The van der Waals surface area contributed by atoms with Gasteiger partial charge in [0.2, 0.25) is 5.79 Å². The van der Waals surface area contributed by atoms with E-state index in [-0.39, 0.29) is 0 Å². The molecule has 1 aromatic rings. The molecule has 0 atom stereocenters. The Kier molecular flexibility index (Phi) is 2.62. The largest absolute Gasteiger partial charge is 0.463 e. The molecule has 13 heavy (non-hydrogen) atoms. The summed E-state index contributed by atoms with van der Waals surface area (Å²) in [6, 6.07) is 5.88. The molecule has 0 fully saturated rings. The molecule has 0 bridgehead atoms. The van der Waals surface area contributed by atoms with E-state index in [2.05, 4.69) is 6.07 Å². The van der Waals surface area contributed by atoms with Crippen LogP contribution in [0.3, 0.4) is 0 Å². The third-order valence-corrected chi connectivity index (χ3v) is 1.56. The van der Waals surface area contributed by atoms with E-state index in [1.807, 2.05) is 26.0 Å². The molecule has 0 aliphatic rings. The Morgan fingerprint density at radius 3 is 1.92 bits per heavy atom. The van der Waals surface area contributed by atoms with Crippen molar-refractivity contribution in [2.45, 2.75) is 33.5 Å². The summed E-state index contributed by atoms with van der Waals surface area (Å²) < 4.78 is 5.32. The van der Waals surface area contributed by atoms with Crippen molar-refractivity contribution in [3.8, 4) is 5.75 Å². The van der Waals surface area contributed by atoms with Gasteiger partial charge in [-0.05, 0) is 37.1 Å². The van der Waals surface area contributed by atoms with Gasteiger partial charge in [-0.25, -0.2) is 0 Å². The Morgan fingerprint density at radius 1 is 1.08 bits per heavy atom. The fraction of sp³-hybridized carbons (Fsp3) is 0.455. The Bertz CT molecular complexity index is 277. The first kappa shape index (κ1) is 10.1. The molecule has 0 spiro atoms. The smallest absolute Gasteiger partial charge is 0.202 e. The van der Waals surface area contributed by atoms with Crippen molar-refractivity contribution in [1.82, 2.24) is 0 Å². The molecule has 0 saturated heterocycles. The van der Waals surface area contributed by atoms with Crippen LogP contribution in [0.2, 0.25) is 0 Å². The summed E-state index contributed by atoms with van der Waals surface area (Å²) in [6.07, 6.45) is 0. The maximum absolute atomic E-state index is 9.43. The molecule has 0 saturated carbocycles. The van der Waals surface area contributed by atoms with Gasteiger partial charge in [-0.3, -0.25) is 0 Å². The highest BCUT2D eigenvalue weighted by Gasteiger charge is 2.13. The van der Waals surface area contributed by atoms with Crippen molar-refractivity contribution >= 4 is 0 Å². The van der Waals surface area contributed by atoms with Gasteiger partial charge >= 0.3 is 0 Å². The standard InChI is InChI=1S/C11H16O2/c1-8-5-9(2)7-10(6-8)13-11(3,4)12/h5-7,12H,1-4H3. The van der Waals surface area contributed by atoms with E-state index in [0.717, 1.165) is 11.1 Å². The van der Waals surface area contributed by atoms with Gasteiger partial charge in [0.1, 0.15) is 5.75 Å². The molecule has 0 heterocycles. The first-order chi connectivity index (χ1) is 5.87. The van der Waals surface area contributed by atoms with Crippen LogP contribution >= 0.6 is 0 Å². The minimum absolute atomic E-state index is 0.713. The van der Waals surface area contributed by atoms with Crippen LogP contribution in [0, 0.1) is 13.8 Å². The van der Waals surface area contributed by atoms with E-state index >= 15 is 0 Å². The van der Waals surface area contributed by atoms with Gasteiger partial charge in [-0.2, -0.15) is 0 Å². The lowest BCUT2D eigenvalue weighted by molar-refractivity contribution is -0.104. The average molecular weight is 180 g/mol. The average Bonchev–Trinajstić information content (AvgIpc) is 1.78. The van der Waals surface area contributed by atoms with Crippen LogP contribution in [0.25, 0.3) is 0 Å². The Labute approximate surface area is 79.2 Å². The maximum Gasteiger partial charge on any atom is 0.202 e. The van der Waals surface area contributed by atoms with E-state index in [9.17, 15) is 5.11 Å². The molecule has 1 N–H and O–H groups in total. The number of aliphatic hydroxyl groups is 1. The molecular formula is C11H16O2. The van der Waals surface area contributed by atoms with Crippen LogP contribution in [0.5, 0.6) is 5.75 Å². The molecule has 0 amide bonds. The number of aryl methyl sites for hydroxylation is 2. The van der Waals surface area contributed by atoms with Crippen molar-refractivity contribution in [2.75, 3.05) is 0 Å². The number of ether oxygens (including phenoxy) is 1. The molecule has 2 heteroatoms. The molecule has 0 aliphatic heterocycles. The van der Waals surface area contributed by atoms with Gasteiger partial charge in [0.15, 0.2) is 0 Å². The van der Waals surface area contributed by atoms with Crippen molar-refractivity contribution in [3.05, 3.63) is 29.3 Å². The number of rotatable bonds is 2. The highest BCUT2D eigenvalue weighted by molar-refractivity contribution is 5.33. The Balaban J connectivity index is 2.90. The minimum atomic E-state index is -1.11. The highest BCUT2D eigenvalue weighted by atomic mass is 16.6. The third kappa shape index (κ3) is 3.47. The van der Waals surface area contributed by atoms with Gasteiger partial charge in [0.05, 0.1) is 0 Å². The summed E-state index contributed by atoms with van der Waals surface area (Å²) in [5, 5.41) is 9.43. The highest BCUT2D eigenvalue weighted by Crippen LogP contribution is 2.19. The number of hydrogen-bond acceptors (Lipinski definition) is 2. The van der Waals surface area contributed by atoms with E-state index in [1.165, 1.54) is 0 Å². The SMILES string of the molecule is Cc1cc(C)cc(OC(C)(C)O)c1. The molecule has 2 nitrogen and oxygen atoms in total. The third-order valence-electron chi connectivity index (χ3n) is 1.56. The molecule has 0 aromatic heterocycles. The maximum atomic E-state index is 9.43. The van der Waals surface area contributed by atoms with Gasteiger partial charge in [-0.15, -0.1) is 0 Å². The van der Waals surface area contributed by atoms with Crippen LogP contribution in [0.15, 0.2) is 18.2 Å². The summed E-state index contributed by atoms with van der Waals surface area (Å²) in [4.78, 5) is 0. The second kappa shape index (κ2) is 3.38. The first-order valence-corrected chi connectivity index (χ1v) is 4.36. The molecule has 0 aliphatic carbocycles. The number of hydrogen-bond donors (Lipinski definition) is 1. The Morgan fingerprint density at radius 2 is 1.54 bits per heavy atom. The van der Waals surface area contributed by atoms with Crippen LogP contribution < -0.4 is 4.74 Å². The zero-order chi connectivity index (χ0) is 10.1. The summed E-state index contributed by atoms with van der Waals surface area (Å²) in [6.45, 7) is 7.24. The molecule has 72 valence electrons. The summed E-state index contributed by atoms with van der Waals surface area (Å²) in [7, 11) is 0. The van der Waals surface area contributed by atoms with Gasteiger partial charge in [0, 0.05) is 13.8 Å². The number of benzene rings is 1. The predicted molar refractivity (Wildman–Crippen MR) is 52.8 cm³/mol. The normalized spacial score (nSPS) is 11.5. The van der Waals surface area contributed by atoms with Crippen LogP contribution in [0.1, 0.15) is 25.0 Å². The van der Waals surface area contributed by atoms with E-state index in [4.69, 9.17) is 4.74 Å². The second-order valence-electron chi connectivity index (χ2n) is 3.87. The van der Waals surface area contributed by atoms with Crippen molar-refractivity contribution in [3.63, 3.8) is 0 Å². The van der Waals surface area contributed by atoms with E-state index < -0.39 is 5.79 Å².